The van der Waals surface area contributed by atoms with Crippen molar-refractivity contribution in [2.75, 3.05) is 26.3 Å². The lowest BCUT2D eigenvalue weighted by Crippen LogP contribution is -2.45. The standard InChI is InChI=1S/C22H29N3O5/c1-3-20(22(28)25-29)24-21(27)18-12-10-17(11-13-18)8-6-5-7-9-19(26)16-23-14-15-30-4-2/h5,7,9-13,20,23,26,29H,3-4,14-16H2,1-2H3,(H,24,27)(H,25,28)/b7-5+,19-9-. The molecule has 5 N–H and O–H groups in total. The first kappa shape index (κ1) is 24.9. The van der Waals surface area contributed by atoms with E-state index in [1.807, 2.05) is 6.92 Å². The third kappa shape index (κ3) is 9.89. The van der Waals surface area contributed by atoms with Gasteiger partial charge in [0.2, 0.25) is 0 Å². The van der Waals surface area contributed by atoms with Crippen LogP contribution in [0.3, 0.4) is 0 Å². The van der Waals surface area contributed by atoms with Crippen molar-refractivity contribution in [1.82, 2.24) is 16.1 Å². The Morgan fingerprint density at radius 3 is 2.60 bits per heavy atom. The molecule has 0 aromatic heterocycles. The SMILES string of the molecule is CCOCCNC/C(O)=C/C=C/C#Cc1ccc(C(=O)NC(CC)C(=O)NO)cc1. The lowest BCUT2D eigenvalue weighted by atomic mass is 10.1. The molecule has 1 unspecified atom stereocenters. The number of nitrogens with one attached hydrogen (secondary N) is 3. The Balaban J connectivity index is 2.52. The summed E-state index contributed by atoms with van der Waals surface area (Å²) in [6.07, 6.45) is 5.16. The molecule has 1 aromatic rings. The van der Waals surface area contributed by atoms with E-state index in [9.17, 15) is 14.7 Å². The van der Waals surface area contributed by atoms with E-state index in [2.05, 4.69) is 22.5 Å². The van der Waals surface area contributed by atoms with Gasteiger partial charge in [0.15, 0.2) is 0 Å². The maximum atomic E-state index is 12.2. The van der Waals surface area contributed by atoms with Gasteiger partial charge in [-0.05, 0) is 49.8 Å². The van der Waals surface area contributed by atoms with E-state index in [4.69, 9.17) is 9.94 Å². The molecule has 0 aliphatic carbocycles. The minimum atomic E-state index is -0.809. The summed E-state index contributed by atoms with van der Waals surface area (Å²) >= 11 is 0. The van der Waals surface area contributed by atoms with Gasteiger partial charge in [0.05, 0.1) is 13.2 Å². The number of amides is 2. The molecule has 0 radical (unpaired) electrons. The number of hydrogen-bond donors (Lipinski definition) is 5. The molecule has 1 rings (SSSR count). The predicted octanol–water partition coefficient (Wildman–Crippen LogP) is 1.68. The predicted molar refractivity (Wildman–Crippen MR) is 114 cm³/mol. The van der Waals surface area contributed by atoms with Gasteiger partial charge >= 0.3 is 0 Å². The molecule has 0 fully saturated rings. The van der Waals surface area contributed by atoms with Crippen molar-refractivity contribution in [2.45, 2.75) is 26.3 Å². The molecule has 0 bridgehead atoms. The van der Waals surface area contributed by atoms with Crippen LogP contribution in [-0.4, -0.2) is 54.5 Å². The molecule has 1 aromatic carbocycles. The van der Waals surface area contributed by atoms with Crippen LogP contribution in [0.1, 0.15) is 36.2 Å². The maximum Gasteiger partial charge on any atom is 0.265 e. The van der Waals surface area contributed by atoms with Crippen molar-refractivity contribution in [3.05, 3.63) is 59.4 Å². The summed E-state index contributed by atoms with van der Waals surface area (Å²) in [5.41, 5.74) is 2.62. The van der Waals surface area contributed by atoms with Gasteiger partial charge in [0.25, 0.3) is 11.8 Å². The zero-order valence-corrected chi connectivity index (χ0v) is 17.3. The van der Waals surface area contributed by atoms with Crippen molar-refractivity contribution in [3.8, 4) is 11.8 Å². The number of hydrogen-bond acceptors (Lipinski definition) is 6. The monoisotopic (exact) mass is 415 g/mol. The highest BCUT2D eigenvalue weighted by Gasteiger charge is 2.18. The number of carbonyl (C=O) groups is 2. The summed E-state index contributed by atoms with van der Waals surface area (Å²) in [6.45, 7) is 5.94. The normalized spacial score (nSPS) is 12.2. The van der Waals surface area contributed by atoms with Crippen LogP contribution >= 0.6 is 0 Å². The highest BCUT2D eigenvalue weighted by Crippen LogP contribution is 2.04. The van der Waals surface area contributed by atoms with Crippen molar-refractivity contribution < 1.29 is 24.6 Å². The summed E-state index contributed by atoms with van der Waals surface area (Å²) in [4.78, 5) is 23.6. The molecule has 0 heterocycles. The number of rotatable bonds is 11. The smallest absolute Gasteiger partial charge is 0.265 e. The Bertz CT molecular complexity index is 791. The molecule has 0 saturated carbocycles. The number of aliphatic hydroxyl groups is 1. The highest BCUT2D eigenvalue weighted by atomic mass is 16.5. The fourth-order valence-corrected chi connectivity index (χ4v) is 2.27. The van der Waals surface area contributed by atoms with Crippen molar-refractivity contribution >= 4 is 11.8 Å². The van der Waals surface area contributed by atoms with Gasteiger partial charge in [-0.3, -0.25) is 14.8 Å². The van der Waals surface area contributed by atoms with E-state index in [1.165, 1.54) is 5.48 Å². The Kier molecular flexibility index (Phi) is 12.3. The highest BCUT2D eigenvalue weighted by molar-refractivity contribution is 5.97. The fourth-order valence-electron chi connectivity index (χ4n) is 2.27. The van der Waals surface area contributed by atoms with Crippen LogP contribution in [0.5, 0.6) is 0 Å². The molecule has 0 saturated heterocycles. The van der Waals surface area contributed by atoms with E-state index in [1.54, 1.807) is 49.4 Å². The molecule has 0 spiro atoms. The van der Waals surface area contributed by atoms with Crippen molar-refractivity contribution in [3.63, 3.8) is 0 Å². The Labute approximate surface area is 177 Å². The first-order valence-corrected chi connectivity index (χ1v) is 9.71. The first-order chi connectivity index (χ1) is 14.5. The molecular weight excluding hydrogens is 386 g/mol. The Morgan fingerprint density at radius 1 is 1.23 bits per heavy atom. The summed E-state index contributed by atoms with van der Waals surface area (Å²) in [7, 11) is 0. The Morgan fingerprint density at radius 2 is 1.97 bits per heavy atom. The van der Waals surface area contributed by atoms with Crippen LogP contribution in [0, 0.1) is 11.8 Å². The van der Waals surface area contributed by atoms with Gasteiger partial charge in [-0.25, -0.2) is 5.48 Å². The molecule has 2 amide bonds. The minimum Gasteiger partial charge on any atom is -0.511 e. The van der Waals surface area contributed by atoms with E-state index < -0.39 is 17.9 Å². The second kappa shape index (κ2) is 14.8. The van der Waals surface area contributed by atoms with E-state index >= 15 is 0 Å². The summed E-state index contributed by atoms with van der Waals surface area (Å²) in [5.74, 6) is 4.88. The van der Waals surface area contributed by atoms with Crippen LogP contribution in [0.2, 0.25) is 0 Å². The van der Waals surface area contributed by atoms with Gasteiger partial charge in [0.1, 0.15) is 11.8 Å². The third-order valence-electron chi connectivity index (χ3n) is 3.91. The van der Waals surface area contributed by atoms with Gasteiger partial charge in [0, 0.05) is 24.3 Å². The molecule has 8 nitrogen and oxygen atoms in total. The van der Waals surface area contributed by atoms with E-state index in [-0.39, 0.29) is 5.76 Å². The number of carbonyl (C=O) groups excluding carboxylic acids is 2. The minimum absolute atomic E-state index is 0.195. The molecule has 30 heavy (non-hydrogen) atoms. The van der Waals surface area contributed by atoms with Crippen LogP contribution < -0.4 is 16.1 Å². The average Bonchev–Trinajstić information content (AvgIpc) is 2.76. The van der Waals surface area contributed by atoms with Crippen molar-refractivity contribution in [2.24, 2.45) is 0 Å². The van der Waals surface area contributed by atoms with Gasteiger partial charge in [-0.2, -0.15) is 0 Å². The van der Waals surface area contributed by atoms with E-state index in [0.717, 1.165) is 0 Å². The zero-order chi connectivity index (χ0) is 22.2. The number of benzene rings is 1. The quantitative estimate of drug-likeness (QED) is 0.0937. The van der Waals surface area contributed by atoms with Crippen molar-refractivity contribution in [1.29, 1.82) is 0 Å². The van der Waals surface area contributed by atoms with Gasteiger partial charge < -0.3 is 20.5 Å². The topological polar surface area (TPSA) is 120 Å². The van der Waals surface area contributed by atoms with Crippen LogP contribution in [0.25, 0.3) is 0 Å². The first-order valence-electron chi connectivity index (χ1n) is 9.71. The van der Waals surface area contributed by atoms with E-state index in [0.29, 0.717) is 43.9 Å². The Hall–Kier alpha value is -3.12. The number of allylic oxidation sites excluding steroid dienone is 3. The fraction of sp³-hybridized carbons (Fsp3) is 0.364. The molecular formula is C22H29N3O5. The number of aliphatic hydroxyl groups excluding tert-OH is 1. The number of ether oxygens (including phenoxy) is 1. The zero-order valence-electron chi connectivity index (χ0n) is 17.3. The average molecular weight is 415 g/mol. The molecule has 162 valence electrons. The summed E-state index contributed by atoms with van der Waals surface area (Å²) < 4.78 is 5.18. The van der Waals surface area contributed by atoms with Gasteiger partial charge in [-0.15, -0.1) is 0 Å². The summed E-state index contributed by atoms with van der Waals surface area (Å²) in [6, 6.07) is 5.78. The summed E-state index contributed by atoms with van der Waals surface area (Å²) in [5, 5.41) is 24.0. The third-order valence-corrected chi connectivity index (χ3v) is 3.91. The lowest BCUT2D eigenvalue weighted by Gasteiger charge is -2.14. The number of hydroxylamine groups is 1. The molecule has 8 heteroatoms. The molecule has 1 atom stereocenters. The lowest BCUT2D eigenvalue weighted by molar-refractivity contribution is -0.131. The van der Waals surface area contributed by atoms with Crippen LogP contribution in [-0.2, 0) is 9.53 Å². The van der Waals surface area contributed by atoms with Crippen LogP contribution in [0.15, 0.2) is 48.3 Å². The largest absolute Gasteiger partial charge is 0.511 e. The molecule has 0 aliphatic heterocycles. The van der Waals surface area contributed by atoms with Gasteiger partial charge in [-0.1, -0.05) is 24.8 Å². The van der Waals surface area contributed by atoms with Crippen LogP contribution in [0.4, 0.5) is 0 Å². The maximum absolute atomic E-state index is 12.2. The molecule has 0 aliphatic rings. The second-order valence-corrected chi connectivity index (χ2v) is 6.15. The second-order valence-electron chi connectivity index (χ2n) is 6.15.